The third-order valence-electron chi connectivity index (χ3n) is 4.36. The number of hydrogen-bond donors (Lipinski definition) is 0. The summed E-state index contributed by atoms with van der Waals surface area (Å²) in [7, 11) is 3.83. The average Bonchev–Trinajstić information content (AvgIpc) is 2.76. The van der Waals surface area contributed by atoms with E-state index in [4.69, 9.17) is 9.84 Å². The summed E-state index contributed by atoms with van der Waals surface area (Å²) in [5.41, 5.74) is 4.27. The number of benzene rings is 1. The van der Waals surface area contributed by atoms with Gasteiger partial charge in [-0.1, -0.05) is 42.5 Å². The molecule has 2 heterocycles. The first kappa shape index (κ1) is 15.4. The molecule has 1 aromatic carbocycles. The van der Waals surface area contributed by atoms with Gasteiger partial charge in [-0.25, -0.2) is 9.31 Å². The number of carbonyl (C=O) groups excluding carboxylic acids is 1. The number of allylic oxidation sites excluding steroid dienone is 2. The molecule has 0 N–H and O–H groups in total. The smallest absolute Gasteiger partial charge is 0.342 e. The summed E-state index contributed by atoms with van der Waals surface area (Å²) in [6.07, 6.45) is 7.97. The van der Waals surface area contributed by atoms with Crippen molar-refractivity contribution in [2.45, 2.75) is 6.92 Å². The predicted octanol–water partition coefficient (Wildman–Crippen LogP) is 3.77. The first-order valence-electron chi connectivity index (χ1n) is 8.30. The lowest BCUT2D eigenvalue weighted by molar-refractivity contribution is 0.0527. The monoisotopic (exact) mass is 333 g/mol. The molecule has 1 aliphatic carbocycles. The number of aromatic nitrogens is 2. The van der Waals surface area contributed by atoms with Gasteiger partial charge in [-0.05, 0) is 13.0 Å². The van der Waals surface area contributed by atoms with Crippen LogP contribution in [0.2, 0.25) is 0 Å². The average molecular weight is 333 g/mol. The Labute approximate surface area is 145 Å². The lowest BCUT2D eigenvalue weighted by Gasteiger charge is -2.15. The van der Waals surface area contributed by atoms with Crippen LogP contribution in [0, 0.1) is 0 Å². The van der Waals surface area contributed by atoms with Crippen LogP contribution >= 0.6 is 0 Å². The fourth-order valence-electron chi connectivity index (χ4n) is 3.40. The SMILES string of the molecule is CCOC(=O)c1c2c3c(c4ccccc4nn3c1N(C)C)C=CC=C2. The zero-order chi connectivity index (χ0) is 17.6. The van der Waals surface area contributed by atoms with Gasteiger partial charge in [0.05, 0.1) is 17.6 Å². The molecule has 0 fully saturated rings. The van der Waals surface area contributed by atoms with Gasteiger partial charge in [-0.15, -0.1) is 0 Å². The molecule has 0 bridgehead atoms. The van der Waals surface area contributed by atoms with Gasteiger partial charge in [0, 0.05) is 30.6 Å². The van der Waals surface area contributed by atoms with Crippen LogP contribution in [0.25, 0.3) is 28.6 Å². The van der Waals surface area contributed by atoms with E-state index in [0.717, 1.165) is 33.4 Å². The summed E-state index contributed by atoms with van der Waals surface area (Å²) in [6.45, 7) is 2.15. The third kappa shape index (κ3) is 2.23. The second-order valence-electron chi connectivity index (χ2n) is 6.14. The van der Waals surface area contributed by atoms with Crippen LogP contribution in [0.4, 0.5) is 5.82 Å². The van der Waals surface area contributed by atoms with E-state index in [0.29, 0.717) is 12.2 Å². The minimum absolute atomic E-state index is 0.326. The molecule has 2 aromatic heterocycles. The second-order valence-corrected chi connectivity index (χ2v) is 6.14. The maximum Gasteiger partial charge on any atom is 0.342 e. The van der Waals surface area contributed by atoms with Gasteiger partial charge in [-0.3, -0.25) is 0 Å². The van der Waals surface area contributed by atoms with Crippen LogP contribution in [0.5, 0.6) is 0 Å². The largest absolute Gasteiger partial charge is 0.462 e. The van der Waals surface area contributed by atoms with Gasteiger partial charge in [0.2, 0.25) is 0 Å². The molecule has 3 aromatic rings. The normalized spacial score (nSPS) is 12.6. The van der Waals surface area contributed by atoms with E-state index in [2.05, 4.69) is 12.1 Å². The van der Waals surface area contributed by atoms with E-state index in [1.165, 1.54) is 0 Å². The maximum absolute atomic E-state index is 12.7. The maximum atomic E-state index is 12.7. The lowest BCUT2D eigenvalue weighted by atomic mass is 10.1. The molecule has 0 atom stereocenters. The zero-order valence-corrected chi connectivity index (χ0v) is 14.5. The number of nitrogens with zero attached hydrogens (tertiary/aromatic N) is 3. The molecule has 5 nitrogen and oxygen atoms in total. The van der Waals surface area contributed by atoms with Crippen LogP contribution < -0.4 is 4.90 Å². The van der Waals surface area contributed by atoms with E-state index < -0.39 is 0 Å². The molecule has 25 heavy (non-hydrogen) atoms. The van der Waals surface area contributed by atoms with Crippen LogP contribution in [0.1, 0.15) is 28.4 Å². The highest BCUT2D eigenvalue weighted by Crippen LogP contribution is 2.37. The van der Waals surface area contributed by atoms with E-state index in [1.54, 1.807) is 0 Å². The number of carbonyl (C=O) groups is 1. The Morgan fingerprint density at radius 3 is 2.60 bits per heavy atom. The number of esters is 1. The topological polar surface area (TPSA) is 46.8 Å². The third-order valence-corrected chi connectivity index (χ3v) is 4.36. The molecular weight excluding hydrogens is 314 g/mol. The Balaban J connectivity index is 2.22. The zero-order valence-electron chi connectivity index (χ0n) is 14.5. The van der Waals surface area contributed by atoms with Gasteiger partial charge in [0.1, 0.15) is 11.4 Å². The van der Waals surface area contributed by atoms with Gasteiger partial charge >= 0.3 is 5.97 Å². The standard InChI is InChI=1S/C20H19N3O2/c1-4-25-20(24)17-15-11-6-5-10-14-13-9-7-8-12-16(13)21-23(18(14)15)19(17)22(2)3/h5-12H,4H2,1-3H3. The molecular formula is C20H19N3O2. The van der Waals surface area contributed by atoms with E-state index in [1.807, 2.05) is 66.9 Å². The van der Waals surface area contributed by atoms with Crippen molar-refractivity contribution >= 4 is 40.4 Å². The highest BCUT2D eigenvalue weighted by atomic mass is 16.5. The van der Waals surface area contributed by atoms with Crippen molar-refractivity contribution in [1.82, 2.24) is 9.61 Å². The molecule has 1 aliphatic rings. The molecule has 0 radical (unpaired) electrons. The van der Waals surface area contributed by atoms with Crippen molar-refractivity contribution in [3.63, 3.8) is 0 Å². The summed E-state index contributed by atoms with van der Waals surface area (Å²) < 4.78 is 7.19. The minimum atomic E-state index is -0.326. The Morgan fingerprint density at radius 2 is 1.88 bits per heavy atom. The highest BCUT2D eigenvalue weighted by molar-refractivity contribution is 6.08. The predicted molar refractivity (Wildman–Crippen MR) is 101 cm³/mol. The van der Waals surface area contributed by atoms with Crippen LogP contribution in [0.15, 0.2) is 36.4 Å². The van der Waals surface area contributed by atoms with Crippen molar-refractivity contribution in [3.05, 3.63) is 53.1 Å². The van der Waals surface area contributed by atoms with E-state index in [9.17, 15) is 4.79 Å². The van der Waals surface area contributed by atoms with Gasteiger partial charge in [-0.2, -0.15) is 5.10 Å². The van der Waals surface area contributed by atoms with Crippen molar-refractivity contribution < 1.29 is 9.53 Å². The van der Waals surface area contributed by atoms with Gasteiger partial charge in [0.25, 0.3) is 0 Å². The number of fused-ring (bicyclic) bond motifs is 2. The molecule has 5 heteroatoms. The minimum Gasteiger partial charge on any atom is -0.462 e. The summed E-state index contributed by atoms with van der Waals surface area (Å²) in [6, 6.07) is 8.02. The van der Waals surface area contributed by atoms with Gasteiger partial charge < -0.3 is 9.64 Å². The first-order chi connectivity index (χ1) is 12.1. The number of hydrogen-bond acceptors (Lipinski definition) is 4. The Morgan fingerprint density at radius 1 is 1.16 bits per heavy atom. The molecule has 0 saturated heterocycles. The summed E-state index contributed by atoms with van der Waals surface area (Å²) in [5.74, 6) is 0.406. The van der Waals surface area contributed by atoms with Gasteiger partial charge in [0.15, 0.2) is 0 Å². The second kappa shape index (κ2) is 5.77. The molecule has 126 valence electrons. The number of ether oxygens (including phenoxy) is 1. The first-order valence-corrected chi connectivity index (χ1v) is 8.30. The van der Waals surface area contributed by atoms with Crippen molar-refractivity contribution in [3.8, 4) is 0 Å². The quantitative estimate of drug-likeness (QED) is 0.685. The summed E-state index contributed by atoms with van der Waals surface area (Å²) in [5, 5.41) is 5.87. The van der Waals surface area contributed by atoms with Crippen molar-refractivity contribution in [2.24, 2.45) is 0 Å². The Kier molecular flexibility index (Phi) is 3.57. The fourth-order valence-corrected chi connectivity index (χ4v) is 3.40. The van der Waals surface area contributed by atoms with Crippen molar-refractivity contribution in [1.29, 1.82) is 0 Å². The highest BCUT2D eigenvalue weighted by Gasteiger charge is 2.28. The molecule has 0 spiro atoms. The van der Waals surface area contributed by atoms with E-state index in [-0.39, 0.29) is 5.97 Å². The molecule has 0 amide bonds. The van der Waals surface area contributed by atoms with Crippen LogP contribution in [-0.2, 0) is 4.74 Å². The van der Waals surface area contributed by atoms with E-state index >= 15 is 0 Å². The van der Waals surface area contributed by atoms with Crippen molar-refractivity contribution in [2.75, 3.05) is 25.6 Å². The summed E-state index contributed by atoms with van der Waals surface area (Å²) >= 11 is 0. The summed E-state index contributed by atoms with van der Waals surface area (Å²) in [4.78, 5) is 14.6. The van der Waals surface area contributed by atoms with Crippen LogP contribution in [-0.4, -0.2) is 36.3 Å². The lowest BCUT2D eigenvalue weighted by Crippen LogP contribution is -2.17. The van der Waals surface area contributed by atoms with Crippen LogP contribution in [0.3, 0.4) is 0 Å². The Bertz CT molecular complexity index is 1060. The number of rotatable bonds is 3. The molecule has 0 saturated carbocycles. The molecule has 0 aliphatic heterocycles. The molecule has 0 unspecified atom stereocenters. The molecule has 4 rings (SSSR count). The fraction of sp³-hybridized carbons (Fsp3) is 0.200. The number of anilines is 1. The Hall–Kier alpha value is -3.08.